The zero-order valence-electron chi connectivity index (χ0n) is 12.1. The van der Waals surface area contributed by atoms with Crippen molar-refractivity contribution in [3.63, 3.8) is 0 Å². The second-order valence-corrected chi connectivity index (χ2v) is 5.09. The highest BCUT2D eigenvalue weighted by molar-refractivity contribution is 5.96. The molecule has 0 spiro atoms. The second kappa shape index (κ2) is 6.89. The quantitative estimate of drug-likeness (QED) is 0.624. The predicted octanol–water partition coefficient (Wildman–Crippen LogP) is 1.70. The van der Waals surface area contributed by atoms with E-state index in [0.29, 0.717) is 5.56 Å². The fourth-order valence-corrected chi connectivity index (χ4v) is 2.55. The lowest BCUT2D eigenvalue weighted by molar-refractivity contribution is -0.141. The Hall–Kier alpha value is -2.35. The molecule has 1 aliphatic rings. The third kappa shape index (κ3) is 3.60. The van der Waals surface area contributed by atoms with Crippen LogP contribution in [0.1, 0.15) is 34.3 Å². The summed E-state index contributed by atoms with van der Waals surface area (Å²) in [6, 6.07) is 7.54. The van der Waals surface area contributed by atoms with Gasteiger partial charge in [0.15, 0.2) is 0 Å². The van der Waals surface area contributed by atoms with Crippen LogP contribution in [0.2, 0.25) is 0 Å². The molecular weight excluding hydrogens is 268 g/mol. The Kier molecular flexibility index (Phi) is 4.94. The predicted molar refractivity (Wildman–Crippen MR) is 76.6 cm³/mol. The fourth-order valence-electron chi connectivity index (χ4n) is 2.55. The van der Waals surface area contributed by atoms with E-state index in [1.807, 2.05) is 18.2 Å². The Balaban J connectivity index is 2.20. The van der Waals surface area contributed by atoms with Crippen LogP contribution in [-0.4, -0.2) is 37.0 Å². The Bertz CT molecular complexity index is 590. The van der Waals surface area contributed by atoms with Gasteiger partial charge in [-0.05, 0) is 48.9 Å². The van der Waals surface area contributed by atoms with E-state index >= 15 is 0 Å². The number of fused-ring (bicyclic) bond motifs is 1. The van der Waals surface area contributed by atoms with Gasteiger partial charge in [-0.3, -0.25) is 9.59 Å². The zero-order chi connectivity index (χ0) is 15.2. The molecule has 0 aliphatic heterocycles. The van der Waals surface area contributed by atoms with Gasteiger partial charge in [-0.2, -0.15) is 5.26 Å². The van der Waals surface area contributed by atoms with E-state index in [1.54, 1.807) is 6.07 Å². The molecule has 1 aromatic carbocycles. The third-order valence-electron chi connectivity index (χ3n) is 3.69. The number of hydrogen-bond acceptors (Lipinski definition) is 4. The molecule has 0 atom stereocenters. The van der Waals surface area contributed by atoms with Gasteiger partial charge in [0.05, 0.1) is 13.2 Å². The van der Waals surface area contributed by atoms with Gasteiger partial charge < -0.3 is 9.64 Å². The number of nitriles is 1. The molecule has 0 fully saturated rings. The van der Waals surface area contributed by atoms with Crippen LogP contribution in [0.5, 0.6) is 0 Å². The second-order valence-electron chi connectivity index (χ2n) is 5.09. The molecule has 21 heavy (non-hydrogen) atoms. The van der Waals surface area contributed by atoms with E-state index in [0.717, 1.165) is 19.3 Å². The molecule has 110 valence electrons. The summed E-state index contributed by atoms with van der Waals surface area (Å²) in [5.41, 5.74) is 3.01. The van der Waals surface area contributed by atoms with Crippen molar-refractivity contribution in [1.29, 1.82) is 5.26 Å². The number of carbonyl (C=O) groups excluding carboxylic acids is 2. The van der Waals surface area contributed by atoms with Crippen molar-refractivity contribution in [2.45, 2.75) is 25.7 Å². The molecule has 0 bridgehead atoms. The summed E-state index contributed by atoms with van der Waals surface area (Å²) in [7, 11) is 1.26. The van der Waals surface area contributed by atoms with Crippen LogP contribution in [0.25, 0.3) is 0 Å². The molecule has 0 radical (unpaired) electrons. The molecule has 2 rings (SSSR count). The number of rotatable bonds is 4. The number of amides is 1. The highest BCUT2D eigenvalue weighted by Gasteiger charge is 2.20. The molecule has 0 N–H and O–H groups in total. The molecule has 0 aromatic heterocycles. The maximum absolute atomic E-state index is 12.4. The van der Waals surface area contributed by atoms with Gasteiger partial charge in [0.1, 0.15) is 13.1 Å². The molecule has 0 saturated heterocycles. The molecule has 0 unspecified atom stereocenters. The first-order chi connectivity index (χ1) is 10.2. The van der Waals surface area contributed by atoms with E-state index in [2.05, 4.69) is 4.74 Å². The normalized spacial score (nSPS) is 13.0. The van der Waals surface area contributed by atoms with Crippen LogP contribution in [-0.2, 0) is 22.4 Å². The topological polar surface area (TPSA) is 70.4 Å². The van der Waals surface area contributed by atoms with Crippen molar-refractivity contribution in [3.8, 4) is 6.07 Å². The smallest absolute Gasteiger partial charge is 0.325 e. The Labute approximate surface area is 124 Å². The number of methoxy groups -OCH3 is 1. The molecule has 1 aromatic rings. The Morgan fingerprint density at radius 1 is 1.29 bits per heavy atom. The summed E-state index contributed by atoms with van der Waals surface area (Å²) in [6.07, 6.45) is 4.34. The van der Waals surface area contributed by atoms with Crippen molar-refractivity contribution in [1.82, 2.24) is 4.90 Å². The van der Waals surface area contributed by atoms with Gasteiger partial charge in [0.25, 0.3) is 5.91 Å². The number of esters is 1. The van der Waals surface area contributed by atoms with Crippen molar-refractivity contribution < 1.29 is 14.3 Å². The van der Waals surface area contributed by atoms with Crippen molar-refractivity contribution in [3.05, 3.63) is 34.9 Å². The largest absolute Gasteiger partial charge is 0.468 e. The molecular formula is C16H18N2O3. The van der Waals surface area contributed by atoms with Crippen LogP contribution in [0.4, 0.5) is 0 Å². The van der Waals surface area contributed by atoms with Crippen molar-refractivity contribution >= 4 is 11.9 Å². The van der Waals surface area contributed by atoms with E-state index in [9.17, 15) is 9.59 Å². The summed E-state index contributed by atoms with van der Waals surface area (Å²) in [5.74, 6) is -0.841. The van der Waals surface area contributed by atoms with Crippen LogP contribution < -0.4 is 0 Å². The molecule has 0 saturated carbocycles. The van der Waals surface area contributed by atoms with Gasteiger partial charge >= 0.3 is 5.97 Å². The number of hydrogen-bond donors (Lipinski definition) is 0. The zero-order valence-corrected chi connectivity index (χ0v) is 12.1. The third-order valence-corrected chi connectivity index (χ3v) is 3.69. The number of benzene rings is 1. The average Bonchev–Trinajstić information content (AvgIpc) is 2.53. The van der Waals surface area contributed by atoms with Gasteiger partial charge in [0, 0.05) is 5.56 Å². The summed E-state index contributed by atoms with van der Waals surface area (Å²) in [5, 5.41) is 8.81. The van der Waals surface area contributed by atoms with E-state index in [-0.39, 0.29) is 19.0 Å². The highest BCUT2D eigenvalue weighted by atomic mass is 16.5. The van der Waals surface area contributed by atoms with Gasteiger partial charge in [-0.1, -0.05) is 6.07 Å². The monoisotopic (exact) mass is 286 g/mol. The molecule has 5 nitrogen and oxygen atoms in total. The highest BCUT2D eigenvalue weighted by Crippen LogP contribution is 2.22. The minimum atomic E-state index is -0.531. The summed E-state index contributed by atoms with van der Waals surface area (Å²) >= 11 is 0. The first-order valence-electron chi connectivity index (χ1n) is 7.00. The summed E-state index contributed by atoms with van der Waals surface area (Å²) < 4.78 is 4.56. The number of nitrogens with zero attached hydrogens (tertiary/aromatic N) is 2. The average molecular weight is 286 g/mol. The van der Waals surface area contributed by atoms with E-state index < -0.39 is 5.97 Å². The Morgan fingerprint density at radius 2 is 2.00 bits per heavy atom. The van der Waals surface area contributed by atoms with E-state index in [4.69, 9.17) is 5.26 Å². The minimum Gasteiger partial charge on any atom is -0.468 e. The van der Waals surface area contributed by atoms with Crippen LogP contribution in [0.3, 0.4) is 0 Å². The number of ether oxygens (including phenoxy) is 1. The maximum Gasteiger partial charge on any atom is 0.325 e. The molecule has 1 amide bonds. The van der Waals surface area contributed by atoms with Crippen LogP contribution in [0.15, 0.2) is 18.2 Å². The lowest BCUT2D eigenvalue weighted by atomic mass is 9.90. The van der Waals surface area contributed by atoms with Crippen molar-refractivity contribution in [2.75, 3.05) is 20.2 Å². The number of aryl methyl sites for hydroxylation is 2. The van der Waals surface area contributed by atoms with Gasteiger partial charge in [-0.15, -0.1) is 0 Å². The molecule has 1 aliphatic carbocycles. The van der Waals surface area contributed by atoms with Crippen molar-refractivity contribution in [2.24, 2.45) is 0 Å². The standard InChI is InChI=1S/C16H18N2O3/c1-21-15(19)11-18(9-8-17)16(20)14-7-6-12-4-2-3-5-13(12)10-14/h6-7,10H,2-5,9,11H2,1H3. The summed E-state index contributed by atoms with van der Waals surface area (Å²) in [4.78, 5) is 25.0. The SMILES string of the molecule is COC(=O)CN(CC#N)C(=O)c1ccc2c(c1)CCCC2. The van der Waals surface area contributed by atoms with Crippen LogP contribution >= 0.6 is 0 Å². The maximum atomic E-state index is 12.4. The minimum absolute atomic E-state index is 0.134. The van der Waals surface area contributed by atoms with E-state index in [1.165, 1.54) is 29.6 Å². The van der Waals surface area contributed by atoms with Gasteiger partial charge in [-0.25, -0.2) is 0 Å². The Morgan fingerprint density at radius 3 is 2.67 bits per heavy atom. The number of carbonyl (C=O) groups is 2. The summed E-state index contributed by atoms with van der Waals surface area (Å²) in [6.45, 7) is -0.342. The first kappa shape index (κ1) is 15.0. The molecule has 5 heteroatoms. The molecule has 0 heterocycles. The van der Waals surface area contributed by atoms with Gasteiger partial charge in [0.2, 0.25) is 0 Å². The first-order valence-corrected chi connectivity index (χ1v) is 7.00. The lowest BCUT2D eigenvalue weighted by Crippen LogP contribution is -2.36. The lowest BCUT2D eigenvalue weighted by Gasteiger charge is -2.20. The van der Waals surface area contributed by atoms with Crippen LogP contribution in [0, 0.1) is 11.3 Å². The fraction of sp³-hybridized carbons (Fsp3) is 0.438.